The Kier molecular flexibility index (Phi) is 6.63. The van der Waals surface area contributed by atoms with Crippen molar-refractivity contribution in [3.8, 4) is 11.8 Å². The van der Waals surface area contributed by atoms with E-state index in [1.165, 1.54) is 4.31 Å². The number of anilines is 1. The number of amides is 1. The molecule has 2 aromatic carbocycles. The van der Waals surface area contributed by atoms with Gasteiger partial charge in [0.1, 0.15) is 11.8 Å². The zero-order valence-electron chi connectivity index (χ0n) is 17.0. The fourth-order valence-corrected chi connectivity index (χ4v) is 4.83. The molecule has 1 N–H and O–H groups in total. The van der Waals surface area contributed by atoms with Crippen LogP contribution in [0.3, 0.4) is 0 Å². The van der Waals surface area contributed by atoms with Crippen molar-refractivity contribution in [2.24, 2.45) is 5.92 Å². The van der Waals surface area contributed by atoms with E-state index in [-0.39, 0.29) is 18.2 Å². The Morgan fingerprint density at radius 3 is 2.63 bits per heavy atom. The molecule has 0 fully saturated rings. The molecule has 1 amide bonds. The van der Waals surface area contributed by atoms with Gasteiger partial charge in [0.2, 0.25) is 10.0 Å². The Bertz CT molecular complexity index is 1060. The molecule has 0 bridgehead atoms. The first kappa shape index (κ1) is 21.7. The van der Waals surface area contributed by atoms with Gasteiger partial charge in [0.15, 0.2) is 6.10 Å². The molecule has 7 nitrogen and oxygen atoms in total. The van der Waals surface area contributed by atoms with Gasteiger partial charge in [0.25, 0.3) is 5.91 Å². The number of carbonyl (C=O) groups excluding carboxylic acids is 1. The summed E-state index contributed by atoms with van der Waals surface area (Å²) in [5.41, 5.74) is 2.06. The predicted octanol–water partition coefficient (Wildman–Crippen LogP) is 2.47. The van der Waals surface area contributed by atoms with Gasteiger partial charge in [0.05, 0.1) is 17.0 Å². The second-order valence-corrected chi connectivity index (χ2v) is 9.46. The molecule has 0 saturated carbocycles. The summed E-state index contributed by atoms with van der Waals surface area (Å²) in [5.74, 6) is -0.448. The number of fused-ring (bicyclic) bond motifs is 1. The lowest BCUT2D eigenvalue weighted by Gasteiger charge is -2.23. The summed E-state index contributed by atoms with van der Waals surface area (Å²) in [5, 5.41) is 11.9. The van der Waals surface area contributed by atoms with E-state index in [4.69, 9.17) is 4.74 Å². The molecule has 1 heterocycles. The molecular formula is C22H25N3O4S. The summed E-state index contributed by atoms with van der Waals surface area (Å²) in [7, 11) is -3.55. The van der Waals surface area contributed by atoms with Crippen LogP contribution in [0, 0.1) is 17.2 Å². The number of nitriles is 1. The van der Waals surface area contributed by atoms with Crippen LogP contribution in [0.2, 0.25) is 0 Å². The van der Waals surface area contributed by atoms with E-state index in [1.807, 2.05) is 38.1 Å². The second kappa shape index (κ2) is 9.18. The van der Waals surface area contributed by atoms with Crippen LogP contribution in [0.4, 0.5) is 5.69 Å². The average Bonchev–Trinajstić information content (AvgIpc) is 3.17. The molecule has 1 aliphatic heterocycles. The number of hydrogen-bond donors (Lipinski definition) is 1. The third kappa shape index (κ3) is 4.74. The highest BCUT2D eigenvalue weighted by atomic mass is 32.2. The number of para-hydroxylation sites is 2. The molecule has 1 unspecified atom stereocenters. The van der Waals surface area contributed by atoms with Gasteiger partial charge < -0.3 is 10.1 Å². The largest absolute Gasteiger partial charge is 0.479 e. The first-order chi connectivity index (χ1) is 14.3. The summed E-state index contributed by atoms with van der Waals surface area (Å²) in [6, 6.07) is 16.2. The van der Waals surface area contributed by atoms with Crippen molar-refractivity contribution in [2.45, 2.75) is 26.4 Å². The molecule has 0 aromatic heterocycles. The number of hydrogen-bond acceptors (Lipinski definition) is 5. The number of ether oxygens (including phenoxy) is 1. The molecule has 0 aliphatic carbocycles. The van der Waals surface area contributed by atoms with Gasteiger partial charge in [-0.2, -0.15) is 5.26 Å². The third-order valence-electron chi connectivity index (χ3n) is 4.96. The summed E-state index contributed by atoms with van der Waals surface area (Å²) >= 11 is 0. The van der Waals surface area contributed by atoms with E-state index in [1.54, 1.807) is 30.3 Å². The van der Waals surface area contributed by atoms with Gasteiger partial charge in [-0.05, 0) is 36.1 Å². The minimum Gasteiger partial charge on any atom is -0.479 e. The molecule has 158 valence electrons. The van der Waals surface area contributed by atoms with Crippen molar-refractivity contribution in [1.82, 2.24) is 5.32 Å². The van der Waals surface area contributed by atoms with Gasteiger partial charge in [0, 0.05) is 13.1 Å². The number of sulfonamides is 1. The fraction of sp³-hybridized carbons (Fsp3) is 0.364. The summed E-state index contributed by atoms with van der Waals surface area (Å²) in [6.45, 7) is 4.05. The molecule has 1 atom stereocenters. The molecule has 8 heteroatoms. The van der Waals surface area contributed by atoms with Crippen molar-refractivity contribution < 1.29 is 17.9 Å². The zero-order valence-corrected chi connectivity index (χ0v) is 17.9. The highest BCUT2D eigenvalue weighted by Gasteiger charge is 2.30. The Hall–Kier alpha value is -3.05. The minimum absolute atomic E-state index is 0.0215. The van der Waals surface area contributed by atoms with Crippen LogP contribution in [0.15, 0.2) is 48.5 Å². The topological polar surface area (TPSA) is 99.5 Å². The number of carbonyl (C=O) groups is 1. The third-order valence-corrected chi connectivity index (χ3v) is 6.74. The predicted molar refractivity (Wildman–Crippen MR) is 115 cm³/mol. The van der Waals surface area contributed by atoms with Gasteiger partial charge in [-0.1, -0.05) is 44.2 Å². The van der Waals surface area contributed by atoms with Gasteiger partial charge in [-0.25, -0.2) is 8.42 Å². The van der Waals surface area contributed by atoms with Gasteiger partial charge >= 0.3 is 0 Å². The van der Waals surface area contributed by atoms with Gasteiger partial charge in [-0.3, -0.25) is 9.10 Å². The maximum atomic E-state index is 12.8. The molecule has 1 aliphatic rings. The molecule has 0 radical (unpaired) electrons. The van der Waals surface area contributed by atoms with Crippen molar-refractivity contribution >= 4 is 21.6 Å². The first-order valence-corrected chi connectivity index (χ1v) is 11.5. The Labute approximate surface area is 177 Å². The maximum Gasteiger partial charge on any atom is 0.261 e. The zero-order chi connectivity index (χ0) is 21.7. The molecule has 3 rings (SSSR count). The molecule has 0 saturated heterocycles. The normalized spacial score (nSPS) is 14.1. The lowest BCUT2D eigenvalue weighted by molar-refractivity contribution is -0.129. The Morgan fingerprint density at radius 2 is 1.90 bits per heavy atom. The minimum atomic E-state index is -3.55. The quantitative estimate of drug-likeness (QED) is 0.698. The standard InChI is InChI=1S/C22H25N3O4S/c1-16(2)21(29-20-10-6-4-8-18(20)15-23)22(26)24-12-14-30(27,28)25-13-11-17-7-3-5-9-19(17)25/h3-10,16,21H,11-14H2,1-2H3,(H,24,26). The van der Waals surface area contributed by atoms with Crippen LogP contribution in [0.5, 0.6) is 5.75 Å². The number of nitrogens with one attached hydrogen (secondary N) is 1. The molecule has 30 heavy (non-hydrogen) atoms. The Morgan fingerprint density at radius 1 is 1.20 bits per heavy atom. The fourth-order valence-electron chi connectivity index (χ4n) is 3.40. The van der Waals surface area contributed by atoms with E-state index in [0.717, 1.165) is 5.56 Å². The van der Waals surface area contributed by atoms with Crippen molar-refractivity contribution in [3.63, 3.8) is 0 Å². The van der Waals surface area contributed by atoms with Crippen LogP contribution >= 0.6 is 0 Å². The number of benzene rings is 2. The summed E-state index contributed by atoms with van der Waals surface area (Å²) < 4.78 is 32.7. The lowest BCUT2D eigenvalue weighted by atomic mass is 10.1. The summed E-state index contributed by atoms with van der Waals surface area (Å²) in [6.07, 6.45) is -0.154. The monoisotopic (exact) mass is 427 g/mol. The lowest BCUT2D eigenvalue weighted by Crippen LogP contribution is -2.44. The van der Waals surface area contributed by atoms with Crippen LogP contribution in [-0.2, 0) is 21.2 Å². The first-order valence-electron chi connectivity index (χ1n) is 9.85. The van der Waals surface area contributed by atoms with Gasteiger partial charge in [-0.15, -0.1) is 0 Å². The van der Waals surface area contributed by atoms with Crippen molar-refractivity contribution in [3.05, 3.63) is 59.7 Å². The number of rotatable bonds is 8. The smallest absolute Gasteiger partial charge is 0.261 e. The van der Waals surface area contributed by atoms with E-state index in [9.17, 15) is 18.5 Å². The maximum absolute atomic E-state index is 12.8. The van der Waals surface area contributed by atoms with Crippen molar-refractivity contribution in [1.29, 1.82) is 5.26 Å². The van der Waals surface area contributed by atoms with Crippen LogP contribution in [0.1, 0.15) is 25.0 Å². The number of nitrogens with zero attached hydrogens (tertiary/aromatic N) is 2. The highest BCUT2D eigenvalue weighted by Crippen LogP contribution is 2.29. The van der Waals surface area contributed by atoms with E-state index in [0.29, 0.717) is 30.0 Å². The second-order valence-electron chi connectivity index (χ2n) is 7.45. The van der Waals surface area contributed by atoms with Crippen LogP contribution in [-0.4, -0.2) is 39.3 Å². The Balaban J connectivity index is 1.62. The van der Waals surface area contributed by atoms with E-state index in [2.05, 4.69) is 5.32 Å². The molecular weight excluding hydrogens is 402 g/mol. The van der Waals surface area contributed by atoms with Crippen LogP contribution < -0.4 is 14.4 Å². The molecule has 0 spiro atoms. The average molecular weight is 428 g/mol. The molecule has 2 aromatic rings. The summed E-state index contributed by atoms with van der Waals surface area (Å²) in [4.78, 5) is 12.7. The highest BCUT2D eigenvalue weighted by molar-refractivity contribution is 7.92. The van der Waals surface area contributed by atoms with E-state index >= 15 is 0 Å². The van der Waals surface area contributed by atoms with Crippen molar-refractivity contribution in [2.75, 3.05) is 23.1 Å². The van der Waals surface area contributed by atoms with Crippen LogP contribution in [0.25, 0.3) is 0 Å². The SMILES string of the molecule is CC(C)C(Oc1ccccc1C#N)C(=O)NCCS(=O)(=O)N1CCc2ccccc21. The van der Waals surface area contributed by atoms with E-state index < -0.39 is 22.0 Å².